The van der Waals surface area contributed by atoms with Gasteiger partial charge in [-0.3, -0.25) is 4.79 Å². The van der Waals surface area contributed by atoms with E-state index in [1.165, 1.54) is 14.0 Å². The fourth-order valence-electron chi connectivity index (χ4n) is 3.15. The molecule has 0 aliphatic carbocycles. The summed E-state index contributed by atoms with van der Waals surface area (Å²) in [5.41, 5.74) is -0.453. The summed E-state index contributed by atoms with van der Waals surface area (Å²) in [6.07, 6.45) is 0. The van der Waals surface area contributed by atoms with Crippen LogP contribution in [0.15, 0.2) is 48.5 Å². The number of hydrogen-bond acceptors (Lipinski definition) is 7. The van der Waals surface area contributed by atoms with Gasteiger partial charge < -0.3 is 24.6 Å². The molecule has 0 unspecified atom stereocenters. The zero-order valence-electron chi connectivity index (χ0n) is 19.3. The van der Waals surface area contributed by atoms with E-state index in [-0.39, 0.29) is 18.1 Å². The lowest BCUT2D eigenvalue weighted by Crippen LogP contribution is -2.42. The minimum atomic E-state index is -0.929. The number of aromatic hydroxyl groups is 1. The van der Waals surface area contributed by atoms with Crippen LogP contribution < -0.4 is 10.1 Å². The molecule has 2 N–H and O–H groups in total. The number of aromatic nitrogens is 1. The summed E-state index contributed by atoms with van der Waals surface area (Å²) in [4.78, 5) is 29.4. The van der Waals surface area contributed by atoms with E-state index < -0.39 is 23.5 Å². The van der Waals surface area contributed by atoms with E-state index >= 15 is 0 Å². The molecule has 0 bridgehead atoms. The molecule has 1 atom stereocenters. The molecule has 1 aromatic heterocycles. The third-order valence-corrected chi connectivity index (χ3v) is 4.61. The minimum Gasteiger partial charge on any atom is -0.505 e. The van der Waals surface area contributed by atoms with Crippen molar-refractivity contribution in [3.8, 4) is 17.2 Å². The number of hydrogen-bond donors (Lipinski definition) is 2. The fourth-order valence-corrected chi connectivity index (χ4v) is 3.15. The molecule has 174 valence electrons. The number of benzene rings is 2. The van der Waals surface area contributed by atoms with Crippen LogP contribution in [0.4, 0.5) is 0 Å². The maximum Gasteiger partial charge on any atom is 0.328 e. The summed E-state index contributed by atoms with van der Waals surface area (Å²) in [6.45, 7) is 6.83. The molecule has 8 nitrogen and oxygen atoms in total. The molecule has 0 saturated carbocycles. The van der Waals surface area contributed by atoms with Gasteiger partial charge in [-0.2, -0.15) is 0 Å². The molecule has 0 aliphatic rings. The van der Waals surface area contributed by atoms with Gasteiger partial charge in [-0.05, 0) is 58.0 Å². The largest absolute Gasteiger partial charge is 0.505 e. The van der Waals surface area contributed by atoms with Crippen LogP contribution in [0.2, 0.25) is 0 Å². The number of pyridine rings is 1. The molecule has 8 heteroatoms. The average molecular weight is 453 g/mol. The number of esters is 1. The molecule has 1 heterocycles. The highest BCUT2D eigenvalue weighted by molar-refractivity contribution is 6.03. The van der Waals surface area contributed by atoms with Gasteiger partial charge in [-0.15, -0.1) is 0 Å². The van der Waals surface area contributed by atoms with Crippen molar-refractivity contribution < 1.29 is 28.9 Å². The topological polar surface area (TPSA) is 107 Å². The second kappa shape index (κ2) is 9.87. The summed E-state index contributed by atoms with van der Waals surface area (Å²) in [5, 5.41) is 14.3. The van der Waals surface area contributed by atoms with Crippen molar-refractivity contribution in [3.05, 3.63) is 59.9 Å². The zero-order valence-corrected chi connectivity index (χ0v) is 19.3. The van der Waals surface area contributed by atoms with E-state index in [9.17, 15) is 14.7 Å². The number of methoxy groups -OCH3 is 1. The normalized spacial score (nSPS) is 12.3. The average Bonchev–Trinajstić information content (AvgIpc) is 2.75. The summed E-state index contributed by atoms with van der Waals surface area (Å²) < 4.78 is 16.4. The first kappa shape index (κ1) is 24.0. The minimum absolute atomic E-state index is 0.105. The van der Waals surface area contributed by atoms with Gasteiger partial charge in [0.2, 0.25) is 0 Å². The van der Waals surface area contributed by atoms with Crippen LogP contribution in [0.1, 0.15) is 43.9 Å². The Morgan fingerprint density at radius 2 is 1.76 bits per heavy atom. The Hall–Kier alpha value is -3.65. The highest BCUT2D eigenvalue weighted by Crippen LogP contribution is 2.34. The maximum atomic E-state index is 12.8. The van der Waals surface area contributed by atoms with E-state index in [1.807, 2.05) is 30.3 Å². The summed E-state index contributed by atoms with van der Waals surface area (Å²) >= 11 is 0. The van der Waals surface area contributed by atoms with Crippen LogP contribution in [0.3, 0.4) is 0 Å². The fraction of sp³-hybridized carbons (Fsp3) is 0.320. The van der Waals surface area contributed by atoms with E-state index in [0.717, 1.165) is 0 Å². The summed E-state index contributed by atoms with van der Waals surface area (Å²) in [6, 6.07) is 13.4. The van der Waals surface area contributed by atoms with Gasteiger partial charge in [0.1, 0.15) is 23.1 Å². The number of carbonyl (C=O) groups excluding carboxylic acids is 2. The van der Waals surface area contributed by atoms with Crippen molar-refractivity contribution in [2.24, 2.45) is 0 Å². The number of ether oxygens (including phenoxy) is 3. The van der Waals surface area contributed by atoms with Crippen molar-refractivity contribution in [1.29, 1.82) is 0 Å². The van der Waals surface area contributed by atoms with Crippen LogP contribution in [0.25, 0.3) is 10.8 Å². The Balaban J connectivity index is 1.93. The summed E-state index contributed by atoms with van der Waals surface area (Å²) in [5.74, 6) is -0.381. The predicted octanol–water partition coefficient (Wildman–Crippen LogP) is 4.34. The number of para-hydroxylation sites is 1. The molecule has 0 radical (unpaired) electrons. The number of nitrogens with one attached hydrogen (secondary N) is 1. The number of carbonyl (C=O) groups is 2. The SMILES string of the molecule is COCc1nc(C(=O)N[C@@H](C)C(=O)OC(C)(C)C)c(O)c2ccc(Oc3ccccc3)cc12. The Kier molecular flexibility index (Phi) is 7.18. The van der Waals surface area contributed by atoms with Crippen molar-refractivity contribution >= 4 is 22.6 Å². The third-order valence-electron chi connectivity index (χ3n) is 4.61. The Labute approximate surface area is 192 Å². The van der Waals surface area contributed by atoms with Crippen LogP contribution in [-0.4, -0.2) is 40.7 Å². The molecule has 0 spiro atoms. The van der Waals surface area contributed by atoms with Gasteiger partial charge in [0.25, 0.3) is 5.91 Å². The first-order valence-electron chi connectivity index (χ1n) is 10.5. The number of amides is 1. The lowest BCUT2D eigenvalue weighted by Gasteiger charge is -2.22. The van der Waals surface area contributed by atoms with E-state index in [4.69, 9.17) is 14.2 Å². The van der Waals surface area contributed by atoms with Gasteiger partial charge in [0.05, 0.1) is 12.3 Å². The van der Waals surface area contributed by atoms with Crippen LogP contribution in [0.5, 0.6) is 17.2 Å². The predicted molar refractivity (Wildman–Crippen MR) is 123 cm³/mol. The van der Waals surface area contributed by atoms with E-state index in [0.29, 0.717) is 28.0 Å². The van der Waals surface area contributed by atoms with Crippen LogP contribution >= 0.6 is 0 Å². The Bertz CT molecular complexity index is 1160. The van der Waals surface area contributed by atoms with Crippen LogP contribution in [0, 0.1) is 0 Å². The smallest absolute Gasteiger partial charge is 0.328 e. The molecule has 0 saturated heterocycles. The third kappa shape index (κ3) is 5.98. The van der Waals surface area contributed by atoms with Gasteiger partial charge in [0, 0.05) is 17.9 Å². The van der Waals surface area contributed by atoms with Crippen molar-refractivity contribution in [2.75, 3.05) is 7.11 Å². The van der Waals surface area contributed by atoms with Crippen molar-refractivity contribution in [2.45, 2.75) is 45.9 Å². The van der Waals surface area contributed by atoms with E-state index in [2.05, 4.69) is 10.3 Å². The highest BCUT2D eigenvalue weighted by atomic mass is 16.6. The highest BCUT2D eigenvalue weighted by Gasteiger charge is 2.26. The number of rotatable bonds is 7. The Morgan fingerprint density at radius 1 is 1.06 bits per heavy atom. The first-order valence-corrected chi connectivity index (χ1v) is 10.5. The Morgan fingerprint density at radius 3 is 2.39 bits per heavy atom. The summed E-state index contributed by atoms with van der Waals surface area (Å²) in [7, 11) is 1.51. The number of nitrogens with zero attached hydrogens (tertiary/aromatic N) is 1. The number of fused-ring (bicyclic) bond motifs is 1. The van der Waals surface area contributed by atoms with Gasteiger partial charge in [0.15, 0.2) is 11.4 Å². The lowest BCUT2D eigenvalue weighted by atomic mass is 10.1. The molecule has 0 fully saturated rings. The molecule has 3 rings (SSSR count). The lowest BCUT2D eigenvalue weighted by molar-refractivity contribution is -0.156. The van der Waals surface area contributed by atoms with E-state index in [1.54, 1.807) is 39.0 Å². The van der Waals surface area contributed by atoms with Gasteiger partial charge in [-0.1, -0.05) is 18.2 Å². The molecular formula is C25H28N2O6. The standard InChI is InChI=1S/C25H28N2O6/c1-15(24(30)33-25(2,3)4)26-23(29)21-22(28)18-12-11-17(32-16-9-7-6-8-10-16)13-19(18)20(27-21)14-31-5/h6-13,15,28H,14H2,1-5H3,(H,26,29)/t15-/m0/s1. The second-order valence-corrected chi connectivity index (χ2v) is 8.54. The molecule has 33 heavy (non-hydrogen) atoms. The molecule has 2 aromatic carbocycles. The molecule has 0 aliphatic heterocycles. The second-order valence-electron chi connectivity index (χ2n) is 8.54. The van der Waals surface area contributed by atoms with Gasteiger partial charge >= 0.3 is 5.97 Å². The van der Waals surface area contributed by atoms with Crippen LogP contribution in [-0.2, 0) is 20.9 Å². The monoisotopic (exact) mass is 452 g/mol. The molecular weight excluding hydrogens is 424 g/mol. The van der Waals surface area contributed by atoms with Crippen molar-refractivity contribution in [3.63, 3.8) is 0 Å². The maximum absolute atomic E-state index is 12.8. The molecule has 3 aromatic rings. The molecule has 1 amide bonds. The first-order chi connectivity index (χ1) is 15.6. The van der Waals surface area contributed by atoms with Crippen molar-refractivity contribution in [1.82, 2.24) is 10.3 Å². The zero-order chi connectivity index (χ0) is 24.2. The quantitative estimate of drug-likeness (QED) is 0.514. The van der Waals surface area contributed by atoms with Gasteiger partial charge in [-0.25, -0.2) is 9.78 Å².